The molecule has 1 aliphatic rings. The van der Waals surface area contributed by atoms with E-state index < -0.39 is 16.1 Å². The molecule has 4 rings (SSSR count). The molecule has 6 nitrogen and oxygen atoms in total. The summed E-state index contributed by atoms with van der Waals surface area (Å²) in [6, 6.07) is 19.3. The number of carbonyl (C=O) groups is 1. The first-order valence-electron chi connectivity index (χ1n) is 11.4. The van der Waals surface area contributed by atoms with Gasteiger partial charge in [0.2, 0.25) is 9.70 Å². The molecule has 0 aliphatic carbocycles. The van der Waals surface area contributed by atoms with Gasteiger partial charge in [-0.25, -0.2) is 0 Å². The number of hydrogen-bond donors (Lipinski definition) is 1. The van der Waals surface area contributed by atoms with Gasteiger partial charge in [-0.15, -0.1) is 0 Å². The van der Waals surface area contributed by atoms with Crippen molar-refractivity contribution in [2.24, 2.45) is 0 Å². The smallest absolute Gasteiger partial charge is 0.250 e. The largest absolute Gasteiger partial charge is 0.338 e. The van der Waals surface area contributed by atoms with Gasteiger partial charge in [0.1, 0.15) is 6.17 Å². The Morgan fingerprint density at radius 2 is 1.83 bits per heavy atom. The van der Waals surface area contributed by atoms with Gasteiger partial charge in [0.15, 0.2) is 11.3 Å². The molecule has 0 bridgehead atoms. The van der Waals surface area contributed by atoms with Crippen molar-refractivity contribution < 1.29 is 4.79 Å². The number of benzene rings is 2. The van der Waals surface area contributed by atoms with Crippen molar-refractivity contribution in [3.8, 4) is 0 Å². The SMILES string of the molecule is CN(C)CCC1N(c2cccc3cccnc23)C(=S)NC(C(Cl)(Cl)Cl)N1C(=O)/C=C/c1ccccc1. The second-order valence-corrected chi connectivity index (χ2v) is 11.4. The highest BCUT2D eigenvalue weighted by atomic mass is 35.6. The summed E-state index contributed by atoms with van der Waals surface area (Å²) in [4.78, 5) is 23.9. The molecular weight excluding hydrogens is 537 g/mol. The van der Waals surface area contributed by atoms with Gasteiger partial charge in [-0.2, -0.15) is 0 Å². The van der Waals surface area contributed by atoms with E-state index in [1.54, 1.807) is 17.2 Å². The fourth-order valence-electron chi connectivity index (χ4n) is 4.21. The Kier molecular flexibility index (Phi) is 8.37. The molecule has 1 aliphatic heterocycles. The molecular formula is C26H26Cl3N5OS. The Bertz CT molecular complexity index is 1260. The molecule has 2 unspecified atom stereocenters. The summed E-state index contributed by atoms with van der Waals surface area (Å²) in [6.45, 7) is 0.667. The van der Waals surface area contributed by atoms with E-state index in [9.17, 15) is 4.79 Å². The van der Waals surface area contributed by atoms with Crippen LogP contribution in [0.4, 0.5) is 5.69 Å². The van der Waals surface area contributed by atoms with Crippen LogP contribution in [0.1, 0.15) is 12.0 Å². The number of nitrogens with one attached hydrogen (secondary N) is 1. The van der Waals surface area contributed by atoms with Crippen LogP contribution in [-0.4, -0.2) is 62.6 Å². The number of amides is 1. The molecule has 188 valence electrons. The quantitative estimate of drug-likeness (QED) is 0.245. The van der Waals surface area contributed by atoms with E-state index in [0.29, 0.717) is 18.1 Å². The molecule has 3 aromatic rings. The van der Waals surface area contributed by atoms with Crippen LogP contribution >= 0.6 is 47.0 Å². The third-order valence-electron chi connectivity index (χ3n) is 5.86. The van der Waals surface area contributed by atoms with Crippen LogP contribution in [0.25, 0.3) is 17.0 Å². The number of para-hydroxylation sites is 1. The van der Waals surface area contributed by atoms with Crippen LogP contribution in [0, 0.1) is 0 Å². The number of anilines is 1. The van der Waals surface area contributed by atoms with Crippen molar-refractivity contribution in [2.45, 2.75) is 22.5 Å². The van der Waals surface area contributed by atoms with E-state index >= 15 is 0 Å². The first-order valence-corrected chi connectivity index (χ1v) is 12.9. The zero-order valence-electron chi connectivity index (χ0n) is 19.8. The summed E-state index contributed by atoms with van der Waals surface area (Å²) in [6.07, 6.45) is 4.00. The summed E-state index contributed by atoms with van der Waals surface area (Å²) in [5.74, 6) is -0.313. The van der Waals surface area contributed by atoms with E-state index in [0.717, 1.165) is 22.2 Å². The van der Waals surface area contributed by atoms with Gasteiger partial charge in [0, 0.05) is 24.2 Å². The lowest BCUT2D eigenvalue weighted by Gasteiger charge is -2.51. The van der Waals surface area contributed by atoms with Gasteiger partial charge in [0.25, 0.3) is 0 Å². The topological polar surface area (TPSA) is 51.7 Å². The summed E-state index contributed by atoms with van der Waals surface area (Å²) in [7, 11) is 3.94. The Labute approximate surface area is 231 Å². The first kappa shape index (κ1) is 26.6. The van der Waals surface area contributed by atoms with E-state index in [-0.39, 0.29) is 5.91 Å². The van der Waals surface area contributed by atoms with Crippen molar-refractivity contribution in [1.82, 2.24) is 20.1 Å². The van der Waals surface area contributed by atoms with Crippen molar-refractivity contribution in [3.63, 3.8) is 0 Å². The molecule has 2 aromatic carbocycles. The normalized spacial score (nSPS) is 18.8. The van der Waals surface area contributed by atoms with Gasteiger partial charge in [-0.1, -0.05) is 83.3 Å². The van der Waals surface area contributed by atoms with Gasteiger partial charge in [0.05, 0.1) is 11.2 Å². The highest BCUT2D eigenvalue weighted by Crippen LogP contribution is 2.39. The van der Waals surface area contributed by atoms with Crippen LogP contribution in [-0.2, 0) is 4.79 Å². The number of fused-ring (bicyclic) bond motifs is 1. The lowest BCUT2D eigenvalue weighted by atomic mass is 10.1. The number of thiocarbonyl (C=S) groups is 1. The fourth-order valence-corrected chi connectivity index (χ4v) is 5.02. The second kappa shape index (κ2) is 11.3. The second-order valence-electron chi connectivity index (χ2n) is 8.68. The minimum Gasteiger partial charge on any atom is -0.338 e. The van der Waals surface area contributed by atoms with Crippen molar-refractivity contribution in [2.75, 3.05) is 25.5 Å². The van der Waals surface area contributed by atoms with Gasteiger partial charge in [-0.3, -0.25) is 19.6 Å². The number of aromatic nitrogens is 1. The van der Waals surface area contributed by atoms with Crippen molar-refractivity contribution in [3.05, 3.63) is 78.5 Å². The van der Waals surface area contributed by atoms with Gasteiger partial charge >= 0.3 is 0 Å². The molecule has 0 saturated carbocycles. The standard InChI is InChI=1S/C26H26Cl3N5OS/c1-32(2)17-15-21-33(20-12-6-10-19-11-7-16-30-23(19)20)25(36)31-24(26(27,28)29)34(21)22(35)14-13-18-8-4-3-5-9-18/h3-14,16,21,24H,15,17H2,1-2H3,(H,31,36)/b14-13+. The van der Waals surface area contributed by atoms with Crippen LogP contribution < -0.4 is 10.2 Å². The predicted molar refractivity (Wildman–Crippen MR) is 153 cm³/mol. The number of pyridine rings is 1. The number of nitrogens with zero attached hydrogens (tertiary/aromatic N) is 4. The number of alkyl halides is 3. The Morgan fingerprint density at radius 3 is 2.53 bits per heavy atom. The number of carbonyl (C=O) groups excluding carboxylic acids is 1. The third-order valence-corrected chi connectivity index (χ3v) is 6.80. The summed E-state index contributed by atoms with van der Waals surface area (Å²) in [5, 5.41) is 4.41. The fraction of sp³-hybridized carbons (Fsp3) is 0.269. The molecule has 10 heteroatoms. The Balaban J connectivity index is 1.82. The predicted octanol–water partition coefficient (Wildman–Crippen LogP) is 5.45. The lowest BCUT2D eigenvalue weighted by Crippen LogP contribution is -2.72. The maximum Gasteiger partial charge on any atom is 0.250 e. The maximum absolute atomic E-state index is 13.8. The zero-order valence-corrected chi connectivity index (χ0v) is 22.9. The van der Waals surface area contributed by atoms with Crippen LogP contribution in [0.5, 0.6) is 0 Å². The molecule has 1 N–H and O–H groups in total. The molecule has 1 fully saturated rings. The van der Waals surface area contributed by atoms with Crippen LogP contribution in [0.3, 0.4) is 0 Å². The Hall–Kier alpha value is -2.42. The average Bonchev–Trinajstić information content (AvgIpc) is 2.85. The average molecular weight is 563 g/mol. The summed E-state index contributed by atoms with van der Waals surface area (Å²) in [5.41, 5.74) is 2.41. The van der Waals surface area contributed by atoms with Crippen LogP contribution in [0.2, 0.25) is 0 Å². The first-order chi connectivity index (χ1) is 17.2. The Morgan fingerprint density at radius 1 is 1.11 bits per heavy atom. The minimum atomic E-state index is -1.83. The molecule has 36 heavy (non-hydrogen) atoms. The third kappa shape index (κ3) is 5.93. The van der Waals surface area contributed by atoms with Crippen molar-refractivity contribution >= 4 is 80.7 Å². The van der Waals surface area contributed by atoms with E-state index in [1.165, 1.54) is 6.08 Å². The monoisotopic (exact) mass is 561 g/mol. The molecule has 1 amide bonds. The van der Waals surface area contributed by atoms with E-state index in [2.05, 4.69) is 10.3 Å². The highest BCUT2D eigenvalue weighted by molar-refractivity contribution is 7.80. The summed E-state index contributed by atoms with van der Waals surface area (Å²) >= 11 is 25.0. The molecule has 2 atom stereocenters. The van der Waals surface area contributed by atoms with Gasteiger partial charge in [-0.05, 0) is 56.5 Å². The number of rotatable bonds is 6. The zero-order chi connectivity index (χ0) is 25.9. The van der Waals surface area contributed by atoms with Crippen molar-refractivity contribution in [1.29, 1.82) is 0 Å². The highest BCUT2D eigenvalue weighted by Gasteiger charge is 2.49. The van der Waals surface area contributed by atoms with Crippen LogP contribution in [0.15, 0.2) is 72.9 Å². The number of halogens is 3. The molecule has 0 spiro atoms. The molecule has 2 heterocycles. The van der Waals surface area contributed by atoms with E-state index in [4.69, 9.17) is 47.0 Å². The maximum atomic E-state index is 13.8. The molecule has 0 radical (unpaired) electrons. The minimum absolute atomic E-state index is 0.313. The molecule has 1 aromatic heterocycles. The summed E-state index contributed by atoms with van der Waals surface area (Å²) < 4.78 is -1.83. The van der Waals surface area contributed by atoms with E-state index in [1.807, 2.05) is 84.6 Å². The van der Waals surface area contributed by atoms with Gasteiger partial charge < -0.3 is 10.2 Å². The lowest BCUT2D eigenvalue weighted by molar-refractivity contribution is -0.131. The molecule has 1 saturated heterocycles. The number of hydrogen-bond acceptors (Lipinski definition) is 4.